The molecule has 0 atom stereocenters. The van der Waals surface area contributed by atoms with E-state index in [1.54, 1.807) is 12.4 Å². The number of nitrogens with two attached hydrogens (primary N) is 1. The van der Waals surface area contributed by atoms with Crippen LogP contribution in [0.15, 0.2) is 18.5 Å². The Hall–Kier alpha value is -1.53. The molecule has 0 amide bonds. The van der Waals surface area contributed by atoms with Crippen molar-refractivity contribution in [1.29, 1.82) is 0 Å². The molecule has 0 unspecified atom stereocenters. The van der Waals surface area contributed by atoms with Crippen LogP contribution in [0.5, 0.6) is 5.75 Å². The molecule has 0 saturated heterocycles. The third-order valence-corrected chi connectivity index (χ3v) is 3.15. The molecule has 96 valence electrons. The molecule has 18 heavy (non-hydrogen) atoms. The van der Waals surface area contributed by atoms with Crippen molar-refractivity contribution in [2.75, 3.05) is 6.54 Å². The molecule has 3 heteroatoms. The molecule has 1 heterocycles. The molecule has 1 aliphatic rings. The number of hydrogen-bond acceptors (Lipinski definition) is 3. The van der Waals surface area contributed by atoms with E-state index in [0.29, 0.717) is 12.6 Å². The minimum Gasteiger partial charge on any atom is -0.489 e. The number of rotatable bonds is 2. The molecule has 0 aromatic carbocycles. The fourth-order valence-electron chi connectivity index (χ4n) is 2.26. The molecular formula is C15H20N2O. The minimum absolute atomic E-state index is 0.340. The second kappa shape index (κ2) is 7.03. The summed E-state index contributed by atoms with van der Waals surface area (Å²) in [5, 5.41) is 0. The predicted octanol–water partition coefficient (Wildman–Crippen LogP) is 2.49. The highest BCUT2D eigenvalue weighted by molar-refractivity contribution is 5.36. The SMILES string of the molecule is NCC#Cc1cncc(OC2CCCCCC2)c1. The highest BCUT2D eigenvalue weighted by Gasteiger charge is 2.13. The summed E-state index contributed by atoms with van der Waals surface area (Å²) in [5.41, 5.74) is 6.22. The predicted molar refractivity (Wildman–Crippen MR) is 72.3 cm³/mol. The van der Waals surface area contributed by atoms with E-state index in [2.05, 4.69) is 16.8 Å². The van der Waals surface area contributed by atoms with Crippen LogP contribution in [0.25, 0.3) is 0 Å². The van der Waals surface area contributed by atoms with Crippen LogP contribution in [0.3, 0.4) is 0 Å². The second-order valence-electron chi connectivity index (χ2n) is 4.65. The van der Waals surface area contributed by atoms with E-state index in [9.17, 15) is 0 Å². The first-order valence-corrected chi connectivity index (χ1v) is 6.69. The van der Waals surface area contributed by atoms with Crippen molar-refractivity contribution in [2.45, 2.75) is 44.6 Å². The van der Waals surface area contributed by atoms with Crippen LogP contribution in [-0.2, 0) is 0 Å². The molecule has 0 aliphatic heterocycles. The van der Waals surface area contributed by atoms with Crippen LogP contribution in [0, 0.1) is 11.8 Å². The highest BCUT2D eigenvalue weighted by Crippen LogP contribution is 2.22. The zero-order chi connectivity index (χ0) is 12.6. The number of hydrogen-bond donors (Lipinski definition) is 1. The first kappa shape index (κ1) is 12.9. The molecule has 2 rings (SSSR count). The Morgan fingerprint density at radius 1 is 1.22 bits per heavy atom. The maximum atomic E-state index is 5.99. The zero-order valence-corrected chi connectivity index (χ0v) is 10.7. The van der Waals surface area contributed by atoms with E-state index < -0.39 is 0 Å². The largest absolute Gasteiger partial charge is 0.489 e. The maximum Gasteiger partial charge on any atom is 0.139 e. The Labute approximate surface area is 109 Å². The van der Waals surface area contributed by atoms with Gasteiger partial charge >= 0.3 is 0 Å². The van der Waals surface area contributed by atoms with Gasteiger partial charge in [0.15, 0.2) is 0 Å². The van der Waals surface area contributed by atoms with Crippen molar-refractivity contribution in [3.63, 3.8) is 0 Å². The van der Waals surface area contributed by atoms with E-state index >= 15 is 0 Å². The summed E-state index contributed by atoms with van der Waals surface area (Å²) in [5.74, 6) is 6.63. The van der Waals surface area contributed by atoms with Gasteiger partial charge in [-0.25, -0.2) is 0 Å². The van der Waals surface area contributed by atoms with E-state index in [-0.39, 0.29) is 0 Å². The highest BCUT2D eigenvalue weighted by atomic mass is 16.5. The molecule has 1 aromatic rings. The second-order valence-corrected chi connectivity index (χ2v) is 4.65. The molecule has 0 radical (unpaired) electrons. The summed E-state index contributed by atoms with van der Waals surface area (Å²) in [6, 6.07) is 1.94. The van der Waals surface area contributed by atoms with E-state index in [4.69, 9.17) is 10.5 Å². The van der Waals surface area contributed by atoms with Gasteiger partial charge in [0.25, 0.3) is 0 Å². The van der Waals surface area contributed by atoms with E-state index in [0.717, 1.165) is 24.2 Å². The molecule has 2 N–H and O–H groups in total. The summed E-state index contributed by atoms with van der Waals surface area (Å²) in [4.78, 5) is 4.16. The van der Waals surface area contributed by atoms with Crippen molar-refractivity contribution >= 4 is 0 Å². The molecule has 1 fully saturated rings. The summed E-state index contributed by atoms with van der Waals surface area (Å²) in [7, 11) is 0. The third-order valence-electron chi connectivity index (χ3n) is 3.15. The normalized spacial score (nSPS) is 16.5. The van der Waals surface area contributed by atoms with Crippen molar-refractivity contribution in [3.05, 3.63) is 24.0 Å². The van der Waals surface area contributed by atoms with E-state index in [1.165, 1.54) is 25.7 Å². The molecule has 1 aromatic heterocycles. The van der Waals surface area contributed by atoms with Crippen LogP contribution in [-0.4, -0.2) is 17.6 Å². The molecule has 1 saturated carbocycles. The van der Waals surface area contributed by atoms with Gasteiger partial charge in [0.1, 0.15) is 5.75 Å². The zero-order valence-electron chi connectivity index (χ0n) is 10.7. The monoisotopic (exact) mass is 244 g/mol. The third kappa shape index (κ3) is 4.05. The Kier molecular flexibility index (Phi) is 5.04. The van der Waals surface area contributed by atoms with Crippen LogP contribution in [0.2, 0.25) is 0 Å². The van der Waals surface area contributed by atoms with Crippen molar-refractivity contribution < 1.29 is 4.74 Å². The van der Waals surface area contributed by atoms with Crippen molar-refractivity contribution in [2.24, 2.45) is 5.73 Å². The van der Waals surface area contributed by atoms with Crippen LogP contribution in [0.4, 0.5) is 0 Å². The summed E-state index contributed by atoms with van der Waals surface area (Å²) >= 11 is 0. The molecular weight excluding hydrogens is 224 g/mol. The average Bonchev–Trinajstić information content (AvgIpc) is 2.65. The lowest BCUT2D eigenvalue weighted by Crippen LogP contribution is -2.15. The Balaban J connectivity index is 1.99. The standard InChI is InChI=1S/C15H20N2O/c16-9-5-6-13-10-15(12-17-11-13)18-14-7-3-1-2-4-8-14/h10-12,14H,1-4,7-9,16H2. The van der Waals surface area contributed by atoms with Gasteiger partial charge in [0.2, 0.25) is 0 Å². The summed E-state index contributed by atoms with van der Waals surface area (Å²) in [6.07, 6.45) is 11.3. The number of ether oxygens (including phenoxy) is 1. The lowest BCUT2D eigenvalue weighted by atomic mass is 10.1. The van der Waals surface area contributed by atoms with Gasteiger partial charge in [-0.05, 0) is 31.7 Å². The van der Waals surface area contributed by atoms with Crippen LogP contribution in [0.1, 0.15) is 44.1 Å². The summed E-state index contributed by atoms with van der Waals surface area (Å²) in [6.45, 7) is 0.369. The van der Waals surface area contributed by atoms with Gasteiger partial charge in [0.05, 0.1) is 18.8 Å². The summed E-state index contributed by atoms with van der Waals surface area (Å²) < 4.78 is 5.99. The Morgan fingerprint density at radius 2 is 2.00 bits per heavy atom. The number of pyridine rings is 1. The van der Waals surface area contributed by atoms with E-state index in [1.807, 2.05) is 6.07 Å². The molecule has 0 bridgehead atoms. The van der Waals surface area contributed by atoms with Gasteiger partial charge < -0.3 is 10.5 Å². The lowest BCUT2D eigenvalue weighted by molar-refractivity contribution is 0.183. The number of aromatic nitrogens is 1. The van der Waals surface area contributed by atoms with Crippen LogP contribution >= 0.6 is 0 Å². The smallest absolute Gasteiger partial charge is 0.139 e. The first-order valence-electron chi connectivity index (χ1n) is 6.69. The van der Waals surface area contributed by atoms with Gasteiger partial charge in [0, 0.05) is 11.8 Å². The fraction of sp³-hybridized carbons (Fsp3) is 0.533. The van der Waals surface area contributed by atoms with Gasteiger partial charge in [-0.1, -0.05) is 24.7 Å². The van der Waals surface area contributed by atoms with Gasteiger partial charge in [-0.15, -0.1) is 0 Å². The quantitative estimate of drug-likeness (QED) is 0.642. The van der Waals surface area contributed by atoms with Crippen molar-refractivity contribution in [3.8, 4) is 17.6 Å². The molecule has 1 aliphatic carbocycles. The van der Waals surface area contributed by atoms with Crippen LogP contribution < -0.4 is 10.5 Å². The van der Waals surface area contributed by atoms with Crippen molar-refractivity contribution in [1.82, 2.24) is 4.98 Å². The first-order chi connectivity index (χ1) is 8.88. The van der Waals surface area contributed by atoms with Gasteiger partial charge in [-0.3, -0.25) is 4.98 Å². The van der Waals surface area contributed by atoms with Gasteiger partial charge in [-0.2, -0.15) is 0 Å². The molecule has 0 spiro atoms. The average molecular weight is 244 g/mol. The minimum atomic E-state index is 0.340. The number of nitrogens with zero attached hydrogens (tertiary/aromatic N) is 1. The Morgan fingerprint density at radius 3 is 2.72 bits per heavy atom. The maximum absolute atomic E-state index is 5.99. The fourth-order valence-corrected chi connectivity index (χ4v) is 2.26. The lowest BCUT2D eigenvalue weighted by Gasteiger charge is -2.16. The Bertz CT molecular complexity index is 426. The topological polar surface area (TPSA) is 48.1 Å². The molecule has 3 nitrogen and oxygen atoms in total.